The van der Waals surface area contributed by atoms with Crippen molar-refractivity contribution >= 4 is 33.2 Å². The van der Waals surface area contributed by atoms with E-state index in [9.17, 15) is 4.79 Å². The summed E-state index contributed by atoms with van der Waals surface area (Å²) in [5.41, 5.74) is 1.89. The molecule has 21 heavy (non-hydrogen) atoms. The fourth-order valence-electron chi connectivity index (χ4n) is 2.48. The zero-order chi connectivity index (χ0) is 15.7. The maximum atomic E-state index is 12.5. The van der Waals surface area contributed by atoms with Crippen molar-refractivity contribution in [1.29, 1.82) is 0 Å². The van der Waals surface area contributed by atoms with Gasteiger partial charge in [0, 0.05) is 26.5 Å². The van der Waals surface area contributed by atoms with Crippen LogP contribution in [-0.4, -0.2) is 10.5 Å². The Balaban J connectivity index is 2.20. The zero-order valence-corrected chi connectivity index (χ0v) is 15.4. The summed E-state index contributed by atoms with van der Waals surface area (Å²) in [6.45, 7) is 10.4. The van der Waals surface area contributed by atoms with Gasteiger partial charge in [0.15, 0.2) is 0 Å². The van der Waals surface area contributed by atoms with E-state index in [1.54, 1.807) is 11.3 Å². The molecule has 0 fully saturated rings. The summed E-state index contributed by atoms with van der Waals surface area (Å²) in [4.78, 5) is 15.1. The predicted octanol–water partition coefficient (Wildman–Crippen LogP) is 5.00. The highest BCUT2D eigenvalue weighted by Crippen LogP contribution is 2.27. The highest BCUT2D eigenvalue weighted by molar-refractivity contribution is 9.10. The summed E-state index contributed by atoms with van der Waals surface area (Å²) in [5, 5.41) is 3.10. The van der Waals surface area contributed by atoms with Crippen LogP contribution in [0.15, 0.2) is 22.8 Å². The number of nitrogens with one attached hydrogen (secondary N) is 1. The van der Waals surface area contributed by atoms with E-state index >= 15 is 0 Å². The molecule has 1 atom stereocenters. The second-order valence-electron chi connectivity index (χ2n) is 5.61. The number of rotatable bonds is 4. The molecule has 0 aliphatic rings. The van der Waals surface area contributed by atoms with Crippen molar-refractivity contribution in [3.63, 3.8) is 0 Å². The first-order valence-electron chi connectivity index (χ1n) is 7.04. The average molecular weight is 369 g/mol. The topological polar surface area (TPSA) is 34.0 Å². The van der Waals surface area contributed by atoms with Gasteiger partial charge >= 0.3 is 0 Å². The molecule has 1 N–H and O–H groups in total. The molecule has 0 saturated carbocycles. The van der Waals surface area contributed by atoms with E-state index < -0.39 is 0 Å². The Morgan fingerprint density at radius 2 is 1.95 bits per heavy atom. The number of nitrogens with zero attached hydrogens (tertiary/aromatic N) is 1. The van der Waals surface area contributed by atoms with E-state index in [0.717, 1.165) is 4.47 Å². The molecule has 114 valence electrons. The van der Waals surface area contributed by atoms with Crippen molar-refractivity contribution in [2.24, 2.45) is 0 Å². The van der Waals surface area contributed by atoms with Crippen LogP contribution in [0.5, 0.6) is 0 Å². The van der Waals surface area contributed by atoms with Gasteiger partial charge < -0.3 is 9.88 Å². The van der Waals surface area contributed by atoms with Crippen LogP contribution >= 0.6 is 27.3 Å². The van der Waals surface area contributed by atoms with Crippen molar-refractivity contribution in [3.8, 4) is 0 Å². The molecule has 1 amide bonds. The molecular weight excluding hydrogens is 348 g/mol. The normalized spacial score (nSPS) is 12.7. The van der Waals surface area contributed by atoms with Gasteiger partial charge in [-0.25, -0.2) is 0 Å². The summed E-state index contributed by atoms with van der Waals surface area (Å²) >= 11 is 5.22. The number of hydrogen-bond acceptors (Lipinski definition) is 2. The Morgan fingerprint density at radius 3 is 2.48 bits per heavy atom. The minimum absolute atomic E-state index is 0.0109. The molecule has 2 rings (SSSR count). The highest BCUT2D eigenvalue weighted by Gasteiger charge is 2.19. The second-order valence-corrected chi connectivity index (χ2v) is 7.98. The van der Waals surface area contributed by atoms with Gasteiger partial charge in [-0.1, -0.05) is 0 Å². The first kappa shape index (κ1) is 16.3. The van der Waals surface area contributed by atoms with Gasteiger partial charge in [0.1, 0.15) is 5.69 Å². The number of aryl methyl sites for hydroxylation is 2. The van der Waals surface area contributed by atoms with Crippen LogP contribution in [0.3, 0.4) is 0 Å². The molecule has 0 aromatic carbocycles. The lowest BCUT2D eigenvalue weighted by atomic mass is 10.1. The summed E-state index contributed by atoms with van der Waals surface area (Å²) in [5.74, 6) is -0.0369. The van der Waals surface area contributed by atoms with Gasteiger partial charge in [0.05, 0.1) is 6.04 Å². The lowest BCUT2D eigenvalue weighted by Crippen LogP contribution is -2.29. The van der Waals surface area contributed by atoms with E-state index in [2.05, 4.69) is 55.0 Å². The minimum atomic E-state index is -0.0369. The summed E-state index contributed by atoms with van der Waals surface area (Å²) in [6.07, 6.45) is 1.95. The second kappa shape index (κ2) is 6.36. The molecule has 5 heteroatoms. The standard InChI is InChI=1S/C16H21BrN2OS/c1-9(2)19-8-13(17)7-15(19)16(20)18-11(4)14-6-10(3)21-12(14)5/h6-9,11H,1-5H3,(H,18,20). The van der Waals surface area contributed by atoms with Crippen LogP contribution in [0.2, 0.25) is 0 Å². The Hall–Kier alpha value is -1.07. The number of aromatic nitrogens is 1. The Kier molecular flexibility index (Phi) is 4.94. The van der Waals surface area contributed by atoms with E-state index in [1.165, 1.54) is 15.3 Å². The van der Waals surface area contributed by atoms with E-state index in [0.29, 0.717) is 5.69 Å². The minimum Gasteiger partial charge on any atom is -0.344 e. The Morgan fingerprint density at radius 1 is 1.29 bits per heavy atom. The quantitative estimate of drug-likeness (QED) is 0.809. The molecule has 0 aliphatic heterocycles. The first-order chi connectivity index (χ1) is 9.79. The predicted molar refractivity (Wildman–Crippen MR) is 92.2 cm³/mol. The molecular formula is C16H21BrN2OS. The van der Waals surface area contributed by atoms with Crippen LogP contribution in [0, 0.1) is 13.8 Å². The van der Waals surface area contributed by atoms with Crippen molar-refractivity contribution in [3.05, 3.63) is 43.8 Å². The van der Waals surface area contributed by atoms with Crippen LogP contribution in [0.25, 0.3) is 0 Å². The Bertz CT molecular complexity index is 657. The molecule has 2 aromatic rings. The fraction of sp³-hybridized carbons (Fsp3) is 0.438. The van der Waals surface area contributed by atoms with Crippen molar-refractivity contribution in [1.82, 2.24) is 9.88 Å². The SMILES string of the molecule is Cc1cc(C(C)NC(=O)c2cc(Br)cn2C(C)C)c(C)s1. The molecule has 1 unspecified atom stereocenters. The van der Waals surface area contributed by atoms with Gasteiger partial charge in [-0.05, 0) is 68.2 Å². The number of carbonyl (C=O) groups excluding carboxylic acids is 1. The summed E-state index contributed by atoms with van der Waals surface area (Å²) in [6, 6.07) is 4.28. The van der Waals surface area contributed by atoms with Gasteiger partial charge in [-0.15, -0.1) is 11.3 Å². The number of hydrogen-bond donors (Lipinski definition) is 1. The average Bonchev–Trinajstić information content (AvgIpc) is 2.92. The van der Waals surface area contributed by atoms with Gasteiger partial charge in [0.25, 0.3) is 5.91 Å². The molecule has 3 nitrogen and oxygen atoms in total. The third kappa shape index (κ3) is 3.58. The van der Waals surface area contributed by atoms with Gasteiger partial charge in [0.2, 0.25) is 0 Å². The first-order valence-corrected chi connectivity index (χ1v) is 8.65. The number of thiophene rings is 1. The van der Waals surface area contributed by atoms with Crippen molar-refractivity contribution < 1.29 is 4.79 Å². The fourth-order valence-corrected chi connectivity index (χ4v) is 3.94. The van der Waals surface area contributed by atoms with Crippen molar-refractivity contribution in [2.75, 3.05) is 0 Å². The number of carbonyl (C=O) groups is 1. The van der Waals surface area contributed by atoms with Crippen LogP contribution < -0.4 is 5.32 Å². The van der Waals surface area contributed by atoms with E-state index in [4.69, 9.17) is 0 Å². The van der Waals surface area contributed by atoms with Crippen LogP contribution in [0.4, 0.5) is 0 Å². The maximum absolute atomic E-state index is 12.5. The summed E-state index contributed by atoms with van der Waals surface area (Å²) in [7, 11) is 0. The largest absolute Gasteiger partial charge is 0.344 e. The molecule has 2 heterocycles. The summed E-state index contributed by atoms with van der Waals surface area (Å²) < 4.78 is 2.91. The zero-order valence-electron chi connectivity index (χ0n) is 13.0. The van der Waals surface area contributed by atoms with Crippen molar-refractivity contribution in [2.45, 2.75) is 46.7 Å². The molecule has 0 aliphatic carbocycles. The van der Waals surface area contributed by atoms with Crippen LogP contribution in [0.1, 0.15) is 58.7 Å². The van der Waals surface area contributed by atoms with Gasteiger partial charge in [-0.3, -0.25) is 4.79 Å². The van der Waals surface area contributed by atoms with E-state index in [1.807, 2.05) is 23.8 Å². The molecule has 0 spiro atoms. The van der Waals surface area contributed by atoms with Gasteiger partial charge in [-0.2, -0.15) is 0 Å². The smallest absolute Gasteiger partial charge is 0.268 e. The highest BCUT2D eigenvalue weighted by atomic mass is 79.9. The third-order valence-corrected chi connectivity index (χ3v) is 4.91. The number of halogens is 1. The lowest BCUT2D eigenvalue weighted by Gasteiger charge is -2.17. The molecule has 0 bridgehead atoms. The van der Waals surface area contributed by atoms with Crippen LogP contribution in [-0.2, 0) is 0 Å². The Labute approximate surface area is 138 Å². The molecule has 2 aromatic heterocycles. The third-order valence-electron chi connectivity index (χ3n) is 3.50. The monoisotopic (exact) mass is 368 g/mol. The number of amides is 1. The lowest BCUT2D eigenvalue weighted by molar-refractivity contribution is 0.0929. The molecule has 0 saturated heterocycles. The molecule has 0 radical (unpaired) electrons. The maximum Gasteiger partial charge on any atom is 0.268 e. The van der Waals surface area contributed by atoms with E-state index in [-0.39, 0.29) is 18.0 Å².